The Balaban J connectivity index is 1.39. The molecule has 1 aliphatic heterocycles. The predicted molar refractivity (Wildman–Crippen MR) is 126 cm³/mol. The van der Waals surface area contributed by atoms with Crippen LogP contribution in [0.5, 0.6) is 0 Å². The van der Waals surface area contributed by atoms with Crippen LogP contribution in [0.3, 0.4) is 0 Å². The highest BCUT2D eigenvalue weighted by Crippen LogP contribution is 2.64. The first-order chi connectivity index (χ1) is 14.5. The van der Waals surface area contributed by atoms with Gasteiger partial charge in [0.15, 0.2) is 0 Å². The number of hydrogen-bond donors (Lipinski definition) is 1. The first-order valence-electron chi connectivity index (χ1n) is 10.9. The SMILES string of the molecule is Cc1c(NC(=O)C2CC3CCCC(C2)C32SCCS2)c(=O)n(-c2ccccc2)n1C. The monoisotopic (exact) mass is 443 g/mol. The average Bonchev–Trinajstić information content (AvgIpc) is 3.28. The van der Waals surface area contributed by atoms with Crippen LogP contribution in [0.1, 0.15) is 37.8 Å². The number of aromatic nitrogens is 2. The van der Waals surface area contributed by atoms with Gasteiger partial charge in [-0.3, -0.25) is 14.3 Å². The molecule has 1 amide bonds. The zero-order valence-electron chi connectivity index (χ0n) is 17.6. The second-order valence-electron chi connectivity index (χ2n) is 8.84. The average molecular weight is 444 g/mol. The molecule has 30 heavy (non-hydrogen) atoms. The molecule has 2 heterocycles. The molecular weight excluding hydrogens is 414 g/mol. The van der Waals surface area contributed by atoms with E-state index in [2.05, 4.69) is 28.8 Å². The minimum atomic E-state index is -0.163. The number of hydrogen-bond acceptors (Lipinski definition) is 4. The Labute approximate surface area is 186 Å². The van der Waals surface area contributed by atoms with Gasteiger partial charge in [0.25, 0.3) is 5.56 Å². The number of benzene rings is 1. The lowest BCUT2D eigenvalue weighted by Gasteiger charge is -2.52. The number of nitrogens with zero attached hydrogens (tertiary/aromatic N) is 2. The van der Waals surface area contributed by atoms with Gasteiger partial charge >= 0.3 is 0 Å². The van der Waals surface area contributed by atoms with E-state index in [1.165, 1.54) is 30.8 Å². The molecule has 1 saturated heterocycles. The summed E-state index contributed by atoms with van der Waals surface area (Å²) in [4.78, 5) is 26.4. The van der Waals surface area contributed by atoms with Gasteiger partial charge in [0.2, 0.25) is 5.91 Å². The number of carbonyl (C=O) groups is 1. The summed E-state index contributed by atoms with van der Waals surface area (Å²) in [5.74, 6) is 3.78. The van der Waals surface area contributed by atoms with Crippen molar-refractivity contribution < 1.29 is 4.79 Å². The van der Waals surface area contributed by atoms with E-state index >= 15 is 0 Å². The van der Waals surface area contributed by atoms with Gasteiger partial charge in [-0.2, -0.15) is 0 Å². The van der Waals surface area contributed by atoms with Crippen molar-refractivity contribution >= 4 is 35.1 Å². The van der Waals surface area contributed by atoms with E-state index in [1.807, 2.05) is 49.0 Å². The maximum absolute atomic E-state index is 13.3. The van der Waals surface area contributed by atoms with E-state index in [-0.39, 0.29) is 17.4 Å². The third-order valence-corrected chi connectivity index (χ3v) is 11.3. The zero-order chi connectivity index (χ0) is 20.9. The largest absolute Gasteiger partial charge is 0.320 e. The van der Waals surface area contributed by atoms with Crippen molar-refractivity contribution in [3.05, 3.63) is 46.4 Å². The summed E-state index contributed by atoms with van der Waals surface area (Å²) in [6, 6.07) is 9.58. The quantitative estimate of drug-likeness (QED) is 0.763. The lowest BCUT2D eigenvalue weighted by molar-refractivity contribution is -0.122. The Morgan fingerprint density at radius 3 is 2.37 bits per heavy atom. The molecule has 2 saturated carbocycles. The zero-order valence-corrected chi connectivity index (χ0v) is 19.2. The molecule has 1 aromatic carbocycles. The van der Waals surface area contributed by atoms with Crippen LogP contribution >= 0.6 is 23.5 Å². The summed E-state index contributed by atoms with van der Waals surface area (Å²) in [5, 5.41) is 3.04. The molecule has 0 radical (unpaired) electrons. The van der Waals surface area contributed by atoms with Gasteiger partial charge in [-0.15, -0.1) is 23.5 Å². The van der Waals surface area contributed by atoms with Crippen LogP contribution in [0, 0.1) is 24.7 Å². The first kappa shape index (κ1) is 20.3. The van der Waals surface area contributed by atoms with Crippen LogP contribution in [0.15, 0.2) is 35.1 Å². The summed E-state index contributed by atoms with van der Waals surface area (Å²) >= 11 is 4.32. The standard InChI is InChI=1S/C23H29N3O2S2/c1-15-20(22(28)26(25(15)2)19-9-4-3-5-10-19)24-21(27)16-13-17-7-6-8-18(14-16)23(17)29-11-12-30-23/h3-5,9-10,16-18H,6-8,11-14H2,1-2H3,(H,24,27). The number of para-hydroxylation sites is 1. The summed E-state index contributed by atoms with van der Waals surface area (Å²) in [7, 11) is 1.86. The maximum Gasteiger partial charge on any atom is 0.295 e. The highest BCUT2D eigenvalue weighted by Gasteiger charge is 2.55. The van der Waals surface area contributed by atoms with Crippen LogP contribution in [-0.2, 0) is 11.8 Å². The second kappa shape index (κ2) is 7.83. The van der Waals surface area contributed by atoms with E-state index in [4.69, 9.17) is 0 Å². The normalized spacial score (nSPS) is 27.3. The van der Waals surface area contributed by atoms with Crippen molar-refractivity contribution in [2.45, 2.75) is 43.1 Å². The summed E-state index contributed by atoms with van der Waals surface area (Å²) in [6.45, 7) is 1.90. The summed E-state index contributed by atoms with van der Waals surface area (Å²) < 4.78 is 3.81. The molecule has 7 heteroatoms. The van der Waals surface area contributed by atoms with E-state index < -0.39 is 0 Å². The van der Waals surface area contributed by atoms with Crippen LogP contribution in [0.25, 0.3) is 5.69 Å². The third-order valence-electron chi connectivity index (χ3n) is 7.29. The van der Waals surface area contributed by atoms with Crippen molar-refractivity contribution in [3.63, 3.8) is 0 Å². The van der Waals surface area contributed by atoms with Crippen molar-refractivity contribution in [1.29, 1.82) is 0 Å². The van der Waals surface area contributed by atoms with Crippen molar-refractivity contribution in [3.8, 4) is 5.69 Å². The van der Waals surface area contributed by atoms with E-state index in [9.17, 15) is 9.59 Å². The lowest BCUT2D eigenvalue weighted by Crippen LogP contribution is -2.48. The number of nitrogens with one attached hydrogen (secondary N) is 1. The Morgan fingerprint density at radius 1 is 1.10 bits per heavy atom. The maximum atomic E-state index is 13.3. The highest BCUT2D eigenvalue weighted by molar-refractivity contribution is 8.21. The molecule has 1 N–H and O–H groups in total. The molecule has 5 rings (SSSR count). The molecule has 1 aromatic heterocycles. The summed E-state index contributed by atoms with van der Waals surface area (Å²) in [6.07, 6.45) is 5.70. The first-order valence-corrected chi connectivity index (χ1v) is 12.9. The van der Waals surface area contributed by atoms with Crippen molar-refractivity contribution in [2.24, 2.45) is 24.8 Å². The van der Waals surface area contributed by atoms with Crippen LogP contribution in [0.2, 0.25) is 0 Å². The minimum absolute atomic E-state index is 0.0110. The van der Waals surface area contributed by atoms with Gasteiger partial charge in [0.1, 0.15) is 5.69 Å². The molecule has 160 valence electrons. The fraction of sp³-hybridized carbons (Fsp3) is 0.565. The predicted octanol–water partition coefficient (Wildman–Crippen LogP) is 4.43. The summed E-state index contributed by atoms with van der Waals surface area (Å²) in [5.41, 5.74) is 1.84. The smallest absolute Gasteiger partial charge is 0.295 e. The molecule has 1 spiro atoms. The fourth-order valence-electron chi connectivity index (χ4n) is 5.76. The Hall–Kier alpha value is -1.60. The molecule has 2 bridgehead atoms. The molecule has 2 unspecified atom stereocenters. The van der Waals surface area contributed by atoms with Gasteiger partial charge in [-0.25, -0.2) is 4.68 Å². The Bertz CT molecular complexity index is 991. The van der Waals surface area contributed by atoms with Crippen molar-refractivity contribution in [2.75, 3.05) is 16.8 Å². The highest BCUT2D eigenvalue weighted by atomic mass is 32.2. The van der Waals surface area contributed by atoms with Gasteiger partial charge < -0.3 is 5.32 Å². The van der Waals surface area contributed by atoms with E-state index in [0.717, 1.165) is 24.2 Å². The molecular formula is C23H29N3O2S2. The molecule has 3 aliphatic rings. The molecule has 2 atom stereocenters. The topological polar surface area (TPSA) is 56.0 Å². The van der Waals surface area contributed by atoms with Crippen molar-refractivity contribution in [1.82, 2.24) is 9.36 Å². The second-order valence-corrected chi connectivity index (χ2v) is 11.8. The molecule has 2 aromatic rings. The minimum Gasteiger partial charge on any atom is -0.320 e. The third kappa shape index (κ3) is 3.16. The number of anilines is 1. The van der Waals surface area contributed by atoms with Crippen LogP contribution < -0.4 is 10.9 Å². The number of amides is 1. The fourth-order valence-corrected chi connectivity index (χ4v) is 9.70. The lowest BCUT2D eigenvalue weighted by atomic mass is 9.67. The van der Waals surface area contributed by atoms with Crippen LogP contribution in [-0.4, -0.2) is 30.9 Å². The van der Waals surface area contributed by atoms with Gasteiger partial charge in [0, 0.05) is 24.5 Å². The number of thioether (sulfide) groups is 2. The molecule has 3 fully saturated rings. The van der Waals surface area contributed by atoms with Gasteiger partial charge in [0.05, 0.1) is 15.5 Å². The Morgan fingerprint density at radius 2 is 1.73 bits per heavy atom. The van der Waals surface area contributed by atoms with Crippen LogP contribution in [0.4, 0.5) is 5.69 Å². The van der Waals surface area contributed by atoms with Gasteiger partial charge in [-0.05, 0) is 56.6 Å². The van der Waals surface area contributed by atoms with E-state index in [0.29, 0.717) is 21.6 Å². The number of rotatable bonds is 3. The molecule has 5 nitrogen and oxygen atoms in total. The molecule has 2 aliphatic carbocycles. The van der Waals surface area contributed by atoms with E-state index in [1.54, 1.807) is 4.68 Å². The Kier molecular flexibility index (Phi) is 5.30. The number of carbonyl (C=O) groups excluding carboxylic acids is 1. The van der Waals surface area contributed by atoms with Gasteiger partial charge in [-0.1, -0.05) is 24.6 Å².